The van der Waals surface area contributed by atoms with E-state index < -0.39 is 0 Å². The number of benzene rings is 1. The van der Waals surface area contributed by atoms with Crippen molar-refractivity contribution in [1.29, 1.82) is 0 Å². The molecule has 0 saturated heterocycles. The first-order valence-corrected chi connectivity index (χ1v) is 7.10. The summed E-state index contributed by atoms with van der Waals surface area (Å²) in [5, 5.41) is 9.53. The number of rotatable bonds is 4. The quantitative estimate of drug-likeness (QED) is 0.878. The molecule has 3 N–H and O–H groups in total. The molecule has 0 radical (unpaired) electrons. The van der Waals surface area contributed by atoms with Crippen molar-refractivity contribution in [2.45, 2.75) is 57.1 Å². The van der Waals surface area contributed by atoms with E-state index in [2.05, 4.69) is 26.8 Å². The summed E-state index contributed by atoms with van der Waals surface area (Å²) in [5.74, 6) is 0.913. The highest BCUT2D eigenvalue weighted by molar-refractivity contribution is 5.44. The van der Waals surface area contributed by atoms with Crippen molar-refractivity contribution >= 4 is 0 Å². The Morgan fingerprint density at radius 1 is 1.37 bits per heavy atom. The minimum Gasteiger partial charge on any atom is -0.488 e. The highest BCUT2D eigenvalue weighted by atomic mass is 16.5. The first-order valence-electron chi connectivity index (χ1n) is 7.10. The van der Waals surface area contributed by atoms with Crippen molar-refractivity contribution in [3.8, 4) is 5.75 Å². The van der Waals surface area contributed by atoms with Crippen LogP contribution >= 0.6 is 0 Å². The molecule has 3 heteroatoms. The van der Waals surface area contributed by atoms with Gasteiger partial charge in [0.2, 0.25) is 0 Å². The van der Waals surface area contributed by atoms with Gasteiger partial charge in [-0.05, 0) is 39.2 Å². The molecular weight excluding hydrogens is 238 g/mol. The van der Waals surface area contributed by atoms with E-state index in [-0.39, 0.29) is 23.7 Å². The number of nitrogens with two attached hydrogens (primary N) is 1. The summed E-state index contributed by atoms with van der Waals surface area (Å²) in [5.41, 5.74) is 7.14. The van der Waals surface area contributed by atoms with Crippen LogP contribution in [0.1, 0.15) is 45.6 Å². The van der Waals surface area contributed by atoms with Crippen LogP contribution in [0.25, 0.3) is 0 Å². The third kappa shape index (κ3) is 2.49. The molecule has 0 amide bonds. The molecule has 106 valence electrons. The summed E-state index contributed by atoms with van der Waals surface area (Å²) in [6.45, 7) is 6.45. The van der Waals surface area contributed by atoms with Crippen LogP contribution in [0.3, 0.4) is 0 Å². The molecule has 2 rings (SSSR count). The Kier molecular flexibility index (Phi) is 3.88. The van der Waals surface area contributed by atoms with Crippen LogP contribution in [0, 0.1) is 0 Å². The Labute approximate surface area is 115 Å². The number of hydrogen-bond acceptors (Lipinski definition) is 3. The molecule has 0 aliphatic carbocycles. The molecular formula is C16H25NO2. The lowest BCUT2D eigenvalue weighted by atomic mass is 9.64. The van der Waals surface area contributed by atoms with Crippen molar-refractivity contribution in [1.82, 2.24) is 0 Å². The van der Waals surface area contributed by atoms with E-state index in [1.54, 1.807) is 0 Å². The third-order valence-electron chi connectivity index (χ3n) is 4.26. The van der Waals surface area contributed by atoms with E-state index in [0.717, 1.165) is 24.2 Å². The van der Waals surface area contributed by atoms with E-state index in [9.17, 15) is 5.11 Å². The second-order valence-electron chi connectivity index (χ2n) is 6.18. The van der Waals surface area contributed by atoms with E-state index in [4.69, 9.17) is 10.5 Å². The van der Waals surface area contributed by atoms with Crippen LogP contribution < -0.4 is 10.5 Å². The lowest BCUT2D eigenvalue weighted by molar-refractivity contribution is 0.0257. The van der Waals surface area contributed by atoms with E-state index in [1.807, 2.05) is 18.2 Å². The SMILES string of the molecule is CCC(N)C1(CCO)CC(C)(C)Oc2ccccc21. The molecule has 0 saturated carbocycles. The summed E-state index contributed by atoms with van der Waals surface area (Å²) in [7, 11) is 0. The fourth-order valence-corrected chi connectivity index (χ4v) is 3.49. The highest BCUT2D eigenvalue weighted by Gasteiger charge is 2.47. The van der Waals surface area contributed by atoms with Gasteiger partial charge in [0, 0.05) is 23.6 Å². The molecule has 3 nitrogen and oxygen atoms in total. The third-order valence-corrected chi connectivity index (χ3v) is 4.26. The average molecular weight is 263 g/mol. The van der Waals surface area contributed by atoms with Crippen molar-refractivity contribution < 1.29 is 9.84 Å². The molecule has 1 heterocycles. The molecule has 1 aliphatic rings. The van der Waals surface area contributed by atoms with Crippen LogP contribution in [0.2, 0.25) is 0 Å². The number of fused-ring (bicyclic) bond motifs is 1. The number of hydrogen-bond donors (Lipinski definition) is 2. The Morgan fingerprint density at radius 2 is 2.05 bits per heavy atom. The fourth-order valence-electron chi connectivity index (χ4n) is 3.49. The minimum absolute atomic E-state index is 0.0315. The lowest BCUT2D eigenvalue weighted by Crippen LogP contribution is -2.54. The molecule has 0 fully saturated rings. The van der Waals surface area contributed by atoms with Crippen LogP contribution in [0.4, 0.5) is 0 Å². The predicted molar refractivity (Wildman–Crippen MR) is 77.4 cm³/mol. The van der Waals surface area contributed by atoms with Gasteiger partial charge in [0.05, 0.1) is 0 Å². The van der Waals surface area contributed by atoms with Gasteiger partial charge in [-0.2, -0.15) is 0 Å². The van der Waals surface area contributed by atoms with Crippen molar-refractivity contribution in [2.75, 3.05) is 6.61 Å². The summed E-state index contributed by atoms with van der Waals surface area (Å²) in [6, 6.07) is 8.14. The largest absolute Gasteiger partial charge is 0.488 e. The zero-order chi connectivity index (χ0) is 14.1. The van der Waals surface area contributed by atoms with Crippen LogP contribution in [0.15, 0.2) is 24.3 Å². The second-order valence-corrected chi connectivity index (χ2v) is 6.18. The normalized spacial score (nSPS) is 26.4. The van der Waals surface area contributed by atoms with Gasteiger partial charge in [0.1, 0.15) is 11.4 Å². The van der Waals surface area contributed by atoms with Gasteiger partial charge < -0.3 is 15.6 Å². The first-order chi connectivity index (χ1) is 8.95. The van der Waals surface area contributed by atoms with Gasteiger partial charge in [0.15, 0.2) is 0 Å². The highest BCUT2D eigenvalue weighted by Crippen LogP contribution is 2.48. The maximum Gasteiger partial charge on any atom is 0.123 e. The van der Waals surface area contributed by atoms with Crippen molar-refractivity contribution in [3.63, 3.8) is 0 Å². The zero-order valence-corrected chi connectivity index (χ0v) is 12.1. The molecule has 1 aromatic carbocycles. The second kappa shape index (κ2) is 5.14. The molecule has 0 bridgehead atoms. The molecule has 0 spiro atoms. The van der Waals surface area contributed by atoms with Gasteiger partial charge >= 0.3 is 0 Å². The summed E-state index contributed by atoms with van der Waals surface area (Å²) in [6.07, 6.45) is 2.42. The summed E-state index contributed by atoms with van der Waals surface area (Å²) < 4.78 is 6.08. The van der Waals surface area contributed by atoms with Crippen LogP contribution in [-0.2, 0) is 5.41 Å². The molecule has 2 unspecified atom stereocenters. The number of aliphatic hydroxyl groups excluding tert-OH is 1. The van der Waals surface area contributed by atoms with Crippen LogP contribution in [0.5, 0.6) is 5.75 Å². The summed E-state index contributed by atoms with van der Waals surface area (Å²) >= 11 is 0. The van der Waals surface area contributed by atoms with E-state index in [0.29, 0.717) is 6.42 Å². The van der Waals surface area contributed by atoms with E-state index in [1.165, 1.54) is 0 Å². The zero-order valence-electron chi connectivity index (χ0n) is 12.1. The summed E-state index contributed by atoms with van der Waals surface area (Å²) in [4.78, 5) is 0. The van der Waals surface area contributed by atoms with Crippen molar-refractivity contribution in [3.05, 3.63) is 29.8 Å². The Morgan fingerprint density at radius 3 is 2.68 bits per heavy atom. The topological polar surface area (TPSA) is 55.5 Å². The minimum atomic E-state index is -0.254. The molecule has 0 aromatic heterocycles. The monoisotopic (exact) mass is 263 g/mol. The predicted octanol–water partition coefficient (Wildman–Crippen LogP) is 2.61. The molecule has 1 aromatic rings. The van der Waals surface area contributed by atoms with Gasteiger partial charge in [-0.15, -0.1) is 0 Å². The van der Waals surface area contributed by atoms with Gasteiger partial charge in [-0.3, -0.25) is 0 Å². The molecule has 2 atom stereocenters. The maximum atomic E-state index is 9.53. The van der Waals surface area contributed by atoms with Gasteiger partial charge in [0.25, 0.3) is 0 Å². The maximum absolute atomic E-state index is 9.53. The number of para-hydroxylation sites is 1. The van der Waals surface area contributed by atoms with E-state index >= 15 is 0 Å². The fraction of sp³-hybridized carbons (Fsp3) is 0.625. The Balaban J connectivity index is 2.57. The van der Waals surface area contributed by atoms with Gasteiger partial charge in [-0.25, -0.2) is 0 Å². The van der Waals surface area contributed by atoms with Gasteiger partial charge in [-0.1, -0.05) is 25.1 Å². The van der Waals surface area contributed by atoms with Crippen molar-refractivity contribution in [2.24, 2.45) is 5.73 Å². The first kappa shape index (κ1) is 14.4. The standard InChI is InChI=1S/C16H25NO2/c1-4-14(17)16(9-10-18)11-15(2,3)19-13-8-6-5-7-12(13)16/h5-8,14,18H,4,9-11,17H2,1-3H3. The Hall–Kier alpha value is -1.06. The molecule has 19 heavy (non-hydrogen) atoms. The Bertz CT molecular complexity index is 444. The number of aliphatic hydroxyl groups is 1. The molecule has 1 aliphatic heterocycles. The lowest BCUT2D eigenvalue weighted by Gasteiger charge is -2.49. The number of ether oxygens (including phenoxy) is 1. The van der Waals surface area contributed by atoms with Crippen LogP contribution in [-0.4, -0.2) is 23.4 Å². The average Bonchev–Trinajstić information content (AvgIpc) is 2.36. The smallest absolute Gasteiger partial charge is 0.123 e.